The van der Waals surface area contributed by atoms with Crippen molar-refractivity contribution in [1.29, 1.82) is 0 Å². The highest BCUT2D eigenvalue weighted by Crippen LogP contribution is 2.62. The lowest BCUT2D eigenvalue weighted by atomic mass is 10.1. The summed E-state index contributed by atoms with van der Waals surface area (Å²) in [4.78, 5) is 22.4. The van der Waals surface area contributed by atoms with Gasteiger partial charge in [0.05, 0.1) is 19.1 Å². The Morgan fingerprint density at radius 3 is 2.71 bits per heavy atom. The number of hydrogen-bond acceptors (Lipinski definition) is 4. The van der Waals surface area contributed by atoms with Crippen molar-refractivity contribution >= 4 is 11.8 Å². The van der Waals surface area contributed by atoms with Crippen LogP contribution in [-0.4, -0.2) is 37.7 Å². The highest BCUT2D eigenvalue weighted by Gasteiger charge is 2.80. The van der Waals surface area contributed by atoms with Crippen LogP contribution in [0.25, 0.3) is 0 Å². The van der Waals surface area contributed by atoms with Gasteiger partial charge in [-0.05, 0) is 0 Å². The number of esters is 1. The Hall–Kier alpha value is -0.970. The predicted octanol–water partition coefficient (Wildman–Crippen LogP) is 0.101. The SMILES string of the molecule is COC(=O)C1(F)C2C(=O)CC(OC)C21. The number of carbonyl (C=O) groups is 2. The van der Waals surface area contributed by atoms with Gasteiger partial charge in [-0.25, -0.2) is 9.18 Å². The number of ketones is 1. The van der Waals surface area contributed by atoms with Gasteiger partial charge in [-0.3, -0.25) is 4.79 Å². The van der Waals surface area contributed by atoms with Crippen LogP contribution in [-0.2, 0) is 19.1 Å². The Kier molecular flexibility index (Phi) is 1.89. The van der Waals surface area contributed by atoms with Crippen LogP contribution in [0.3, 0.4) is 0 Å². The van der Waals surface area contributed by atoms with E-state index in [2.05, 4.69) is 4.74 Å². The Balaban J connectivity index is 2.21. The molecule has 2 aliphatic rings. The van der Waals surface area contributed by atoms with Gasteiger partial charge in [-0.15, -0.1) is 0 Å². The zero-order chi connectivity index (χ0) is 10.5. The van der Waals surface area contributed by atoms with Crippen LogP contribution < -0.4 is 0 Å². The van der Waals surface area contributed by atoms with E-state index < -0.39 is 29.6 Å². The zero-order valence-corrected chi connectivity index (χ0v) is 7.95. The van der Waals surface area contributed by atoms with Crippen molar-refractivity contribution in [1.82, 2.24) is 0 Å². The number of rotatable bonds is 2. The number of Topliss-reactive ketones (excluding diaryl/α,β-unsaturated/α-hetero) is 1. The third-order valence-electron chi connectivity index (χ3n) is 3.14. The number of alkyl halides is 1. The fourth-order valence-electron chi connectivity index (χ4n) is 2.40. The number of carbonyl (C=O) groups excluding carboxylic acids is 2. The largest absolute Gasteiger partial charge is 0.467 e. The second-order valence-electron chi connectivity index (χ2n) is 3.71. The summed E-state index contributed by atoms with van der Waals surface area (Å²) < 4.78 is 23.2. The van der Waals surface area contributed by atoms with Crippen LogP contribution in [0.5, 0.6) is 0 Å². The first kappa shape index (κ1) is 9.58. The summed E-state index contributed by atoms with van der Waals surface area (Å²) in [6.45, 7) is 0. The van der Waals surface area contributed by atoms with Gasteiger partial charge in [0.1, 0.15) is 5.78 Å². The van der Waals surface area contributed by atoms with Crippen LogP contribution in [0.2, 0.25) is 0 Å². The van der Waals surface area contributed by atoms with E-state index in [9.17, 15) is 14.0 Å². The monoisotopic (exact) mass is 202 g/mol. The quantitative estimate of drug-likeness (QED) is 0.596. The lowest BCUT2D eigenvalue weighted by Crippen LogP contribution is -2.31. The zero-order valence-electron chi connectivity index (χ0n) is 7.95. The molecule has 5 heteroatoms. The van der Waals surface area contributed by atoms with E-state index in [4.69, 9.17) is 4.74 Å². The van der Waals surface area contributed by atoms with Gasteiger partial charge in [0.2, 0.25) is 5.67 Å². The number of methoxy groups -OCH3 is 2. The van der Waals surface area contributed by atoms with E-state index in [1.54, 1.807) is 0 Å². The molecule has 2 aliphatic carbocycles. The van der Waals surface area contributed by atoms with Gasteiger partial charge in [0, 0.05) is 19.4 Å². The molecular formula is C9H11FO4. The maximum atomic E-state index is 13.9. The van der Waals surface area contributed by atoms with Gasteiger partial charge >= 0.3 is 5.97 Å². The number of ether oxygens (including phenoxy) is 2. The van der Waals surface area contributed by atoms with E-state index >= 15 is 0 Å². The highest BCUT2D eigenvalue weighted by molar-refractivity contribution is 6.00. The lowest BCUT2D eigenvalue weighted by molar-refractivity contribution is -0.152. The number of hydrogen-bond donors (Lipinski definition) is 0. The molecule has 0 radical (unpaired) electrons. The first-order valence-electron chi connectivity index (χ1n) is 4.40. The molecular weight excluding hydrogens is 191 g/mol. The average Bonchev–Trinajstić information content (AvgIpc) is 2.64. The molecule has 0 aromatic heterocycles. The van der Waals surface area contributed by atoms with Crippen LogP contribution >= 0.6 is 0 Å². The third-order valence-corrected chi connectivity index (χ3v) is 3.14. The molecule has 4 nitrogen and oxygen atoms in total. The van der Waals surface area contributed by atoms with Gasteiger partial charge in [-0.1, -0.05) is 0 Å². The number of halogens is 1. The molecule has 0 amide bonds. The molecule has 0 saturated heterocycles. The summed E-state index contributed by atoms with van der Waals surface area (Å²) in [6, 6.07) is 0. The topological polar surface area (TPSA) is 52.6 Å². The molecule has 4 atom stereocenters. The molecule has 78 valence electrons. The molecule has 0 bridgehead atoms. The Labute approximate surface area is 80.4 Å². The molecule has 0 N–H and O–H groups in total. The van der Waals surface area contributed by atoms with Gasteiger partial charge in [0.25, 0.3) is 0 Å². The Bertz CT molecular complexity index is 303. The number of fused-ring (bicyclic) bond motifs is 1. The minimum absolute atomic E-state index is 0.203. The average molecular weight is 202 g/mol. The molecule has 2 rings (SSSR count). The Morgan fingerprint density at radius 2 is 2.21 bits per heavy atom. The minimum Gasteiger partial charge on any atom is -0.467 e. The third kappa shape index (κ3) is 0.904. The molecule has 0 spiro atoms. The van der Waals surface area contributed by atoms with Crippen molar-refractivity contribution in [2.24, 2.45) is 11.8 Å². The van der Waals surface area contributed by atoms with E-state index in [0.29, 0.717) is 0 Å². The molecule has 0 heterocycles. The molecule has 14 heavy (non-hydrogen) atoms. The second-order valence-corrected chi connectivity index (χ2v) is 3.71. The molecule has 0 aromatic rings. The first-order chi connectivity index (χ1) is 6.57. The van der Waals surface area contributed by atoms with Gasteiger partial charge in [0.15, 0.2) is 0 Å². The maximum Gasteiger partial charge on any atom is 0.344 e. The summed E-state index contributed by atoms with van der Waals surface area (Å²) in [5.74, 6) is -2.66. The van der Waals surface area contributed by atoms with E-state index in [0.717, 1.165) is 7.11 Å². The van der Waals surface area contributed by atoms with E-state index in [-0.39, 0.29) is 12.2 Å². The standard InChI is InChI=1S/C9H11FO4/c1-13-5-3-4(11)6-7(5)9(6,10)8(12)14-2/h5-7H,3H2,1-2H3. The second kappa shape index (κ2) is 2.76. The van der Waals surface area contributed by atoms with Gasteiger partial charge < -0.3 is 9.47 Å². The van der Waals surface area contributed by atoms with Crippen LogP contribution in [0.15, 0.2) is 0 Å². The van der Waals surface area contributed by atoms with Crippen LogP contribution in [0.4, 0.5) is 4.39 Å². The smallest absolute Gasteiger partial charge is 0.344 e. The first-order valence-corrected chi connectivity index (χ1v) is 4.40. The summed E-state index contributed by atoms with van der Waals surface area (Å²) in [6.07, 6.45) is -0.272. The lowest BCUT2D eigenvalue weighted by Gasteiger charge is -2.14. The van der Waals surface area contributed by atoms with Crippen molar-refractivity contribution < 1.29 is 23.5 Å². The minimum atomic E-state index is -2.12. The van der Waals surface area contributed by atoms with Crippen molar-refractivity contribution in [3.8, 4) is 0 Å². The summed E-state index contributed by atoms with van der Waals surface area (Å²) in [5, 5.41) is 0. The molecule has 0 aromatic carbocycles. The van der Waals surface area contributed by atoms with Crippen LogP contribution in [0.1, 0.15) is 6.42 Å². The predicted molar refractivity (Wildman–Crippen MR) is 43.3 cm³/mol. The summed E-state index contributed by atoms with van der Waals surface area (Å²) in [5.41, 5.74) is -2.12. The van der Waals surface area contributed by atoms with Gasteiger partial charge in [-0.2, -0.15) is 0 Å². The van der Waals surface area contributed by atoms with Crippen molar-refractivity contribution in [2.45, 2.75) is 18.2 Å². The molecule has 4 unspecified atom stereocenters. The summed E-state index contributed by atoms with van der Waals surface area (Å²) >= 11 is 0. The highest BCUT2D eigenvalue weighted by atomic mass is 19.1. The fourth-order valence-corrected chi connectivity index (χ4v) is 2.40. The Morgan fingerprint density at radius 1 is 1.57 bits per heavy atom. The molecule has 2 saturated carbocycles. The normalized spacial score (nSPS) is 44.8. The van der Waals surface area contributed by atoms with Crippen LogP contribution in [0, 0.1) is 11.8 Å². The van der Waals surface area contributed by atoms with Crippen molar-refractivity contribution in [3.05, 3.63) is 0 Å². The van der Waals surface area contributed by atoms with E-state index in [1.165, 1.54) is 7.11 Å². The van der Waals surface area contributed by atoms with Crippen molar-refractivity contribution in [2.75, 3.05) is 14.2 Å². The molecule has 2 fully saturated rings. The van der Waals surface area contributed by atoms with E-state index in [1.807, 2.05) is 0 Å². The fraction of sp³-hybridized carbons (Fsp3) is 0.778. The molecule has 0 aliphatic heterocycles. The van der Waals surface area contributed by atoms with Crippen molar-refractivity contribution in [3.63, 3.8) is 0 Å². The maximum absolute atomic E-state index is 13.9. The summed E-state index contributed by atoms with van der Waals surface area (Å²) in [7, 11) is 2.53.